The number of hydrogen-bond acceptors (Lipinski definition) is 4. The Bertz CT molecular complexity index is 769. The van der Waals surface area contributed by atoms with Crippen molar-refractivity contribution < 1.29 is 19.5 Å². The highest BCUT2D eigenvalue weighted by Crippen LogP contribution is 2.19. The second-order valence-electron chi connectivity index (χ2n) is 6.34. The fraction of sp³-hybridized carbons (Fsp3) is 0.316. The van der Waals surface area contributed by atoms with Gasteiger partial charge in [0.15, 0.2) is 0 Å². The van der Waals surface area contributed by atoms with Gasteiger partial charge in [-0.05, 0) is 42.0 Å². The van der Waals surface area contributed by atoms with Gasteiger partial charge < -0.3 is 15.7 Å². The zero-order valence-electron chi connectivity index (χ0n) is 14.9. The molecule has 0 saturated carbocycles. The summed E-state index contributed by atoms with van der Waals surface area (Å²) in [7, 11) is 0. The van der Waals surface area contributed by atoms with Crippen LogP contribution in [0.2, 0.25) is 0 Å². The molecule has 2 rings (SSSR count). The monoisotopic (exact) mass is 374 g/mol. The molecular formula is C19H22N2O4S. The van der Waals surface area contributed by atoms with Crippen molar-refractivity contribution >= 4 is 34.8 Å². The van der Waals surface area contributed by atoms with Gasteiger partial charge in [-0.25, -0.2) is 0 Å². The Morgan fingerprint density at radius 3 is 2.19 bits per heavy atom. The third-order valence-corrected chi connectivity index (χ3v) is 4.90. The molecule has 2 aromatic rings. The Labute approximate surface area is 156 Å². The molecule has 2 atom stereocenters. The van der Waals surface area contributed by atoms with Gasteiger partial charge in [-0.15, -0.1) is 11.3 Å². The number of aliphatic carboxylic acids is 1. The first-order chi connectivity index (χ1) is 12.3. The molecule has 0 aliphatic carbocycles. The Balaban J connectivity index is 2.05. The number of benzene rings is 1. The van der Waals surface area contributed by atoms with Gasteiger partial charge in [0.2, 0.25) is 5.91 Å². The molecule has 0 spiro atoms. The first-order valence-corrected chi connectivity index (χ1v) is 9.15. The molecule has 26 heavy (non-hydrogen) atoms. The van der Waals surface area contributed by atoms with Crippen LogP contribution in [0, 0.1) is 5.92 Å². The van der Waals surface area contributed by atoms with Crippen LogP contribution in [0.4, 0.5) is 5.69 Å². The van der Waals surface area contributed by atoms with Crippen LogP contribution in [0.3, 0.4) is 0 Å². The van der Waals surface area contributed by atoms with E-state index >= 15 is 0 Å². The second-order valence-corrected chi connectivity index (χ2v) is 7.29. The Hall–Kier alpha value is -2.67. The predicted octanol–water partition coefficient (Wildman–Crippen LogP) is 3.33. The summed E-state index contributed by atoms with van der Waals surface area (Å²) < 4.78 is 0. The van der Waals surface area contributed by atoms with Crippen molar-refractivity contribution in [2.45, 2.75) is 32.7 Å². The first-order valence-electron chi connectivity index (χ1n) is 8.27. The molecule has 2 unspecified atom stereocenters. The van der Waals surface area contributed by atoms with Crippen LogP contribution in [0.1, 0.15) is 41.9 Å². The minimum Gasteiger partial charge on any atom is -0.481 e. The number of anilines is 1. The molecule has 138 valence electrons. The highest BCUT2D eigenvalue weighted by Gasteiger charge is 2.25. The average molecular weight is 374 g/mol. The Kier molecular flexibility index (Phi) is 6.52. The van der Waals surface area contributed by atoms with Crippen LogP contribution in [-0.4, -0.2) is 28.9 Å². The van der Waals surface area contributed by atoms with E-state index in [9.17, 15) is 14.4 Å². The third kappa shape index (κ3) is 4.92. The normalized spacial score (nSPS) is 13.1. The fourth-order valence-corrected chi connectivity index (χ4v) is 3.00. The summed E-state index contributed by atoms with van der Waals surface area (Å²) in [6.45, 7) is 5.32. The minimum atomic E-state index is -0.905. The van der Waals surface area contributed by atoms with Gasteiger partial charge in [-0.2, -0.15) is 0 Å². The smallest absolute Gasteiger partial charge is 0.310 e. The van der Waals surface area contributed by atoms with Crippen LogP contribution >= 0.6 is 11.3 Å². The van der Waals surface area contributed by atoms with Crippen molar-refractivity contribution in [3.05, 3.63) is 52.2 Å². The topological polar surface area (TPSA) is 95.5 Å². The molecule has 1 aromatic heterocycles. The Morgan fingerprint density at radius 2 is 1.69 bits per heavy atom. The SMILES string of the molecule is CC(C(=O)O)c1ccc(NC(=O)C(NC(=O)c2cccs2)C(C)C)cc1. The molecule has 0 saturated heterocycles. The first kappa shape index (κ1) is 19.7. The summed E-state index contributed by atoms with van der Waals surface area (Å²) in [5, 5.41) is 16.4. The zero-order valence-corrected chi connectivity index (χ0v) is 15.7. The lowest BCUT2D eigenvalue weighted by atomic mass is 10.0. The average Bonchev–Trinajstić information content (AvgIpc) is 3.13. The van der Waals surface area contributed by atoms with E-state index in [4.69, 9.17) is 5.11 Å². The number of carboxylic acids is 1. The quantitative estimate of drug-likeness (QED) is 0.693. The number of carboxylic acid groups (broad SMARTS) is 1. The summed E-state index contributed by atoms with van der Waals surface area (Å²) >= 11 is 1.32. The van der Waals surface area contributed by atoms with Gasteiger partial charge in [-0.1, -0.05) is 32.0 Å². The van der Waals surface area contributed by atoms with E-state index in [1.54, 1.807) is 48.7 Å². The van der Waals surface area contributed by atoms with Crippen LogP contribution < -0.4 is 10.6 Å². The van der Waals surface area contributed by atoms with Crippen LogP contribution in [0.15, 0.2) is 41.8 Å². The van der Waals surface area contributed by atoms with Crippen molar-refractivity contribution in [2.24, 2.45) is 5.92 Å². The maximum Gasteiger partial charge on any atom is 0.310 e. The maximum atomic E-state index is 12.6. The molecule has 3 N–H and O–H groups in total. The highest BCUT2D eigenvalue weighted by atomic mass is 32.1. The number of carbonyl (C=O) groups excluding carboxylic acids is 2. The highest BCUT2D eigenvalue weighted by molar-refractivity contribution is 7.12. The molecule has 7 heteroatoms. The van der Waals surface area contributed by atoms with Crippen LogP contribution in [-0.2, 0) is 9.59 Å². The molecule has 0 fully saturated rings. The van der Waals surface area contributed by atoms with E-state index in [0.29, 0.717) is 16.1 Å². The third-order valence-electron chi connectivity index (χ3n) is 4.03. The second kappa shape index (κ2) is 8.62. The number of hydrogen-bond donors (Lipinski definition) is 3. The fourth-order valence-electron chi connectivity index (χ4n) is 2.37. The number of thiophene rings is 1. The summed E-state index contributed by atoms with van der Waals surface area (Å²) in [6.07, 6.45) is 0. The summed E-state index contributed by atoms with van der Waals surface area (Å²) in [5.74, 6) is -2.21. The standard InChI is InChI=1S/C19H22N2O4S/c1-11(2)16(21-17(22)15-5-4-10-26-15)18(23)20-14-8-6-13(7-9-14)12(3)19(24)25/h4-12,16H,1-3H3,(H,20,23)(H,21,22)(H,24,25). The van der Waals surface area contributed by atoms with Gasteiger partial charge >= 0.3 is 5.97 Å². The molecule has 0 bridgehead atoms. The number of nitrogens with one attached hydrogen (secondary N) is 2. The van der Waals surface area contributed by atoms with Crippen LogP contribution in [0.25, 0.3) is 0 Å². The maximum absolute atomic E-state index is 12.6. The van der Waals surface area contributed by atoms with Crippen molar-refractivity contribution in [1.82, 2.24) is 5.32 Å². The molecule has 0 aliphatic heterocycles. The lowest BCUT2D eigenvalue weighted by molar-refractivity contribution is -0.138. The van der Waals surface area contributed by atoms with E-state index in [1.807, 2.05) is 13.8 Å². The summed E-state index contributed by atoms with van der Waals surface area (Å²) in [6, 6.07) is 9.46. The molecule has 1 heterocycles. The Morgan fingerprint density at radius 1 is 1.04 bits per heavy atom. The molecular weight excluding hydrogens is 352 g/mol. The van der Waals surface area contributed by atoms with Crippen molar-refractivity contribution in [3.8, 4) is 0 Å². The predicted molar refractivity (Wildman–Crippen MR) is 102 cm³/mol. The summed E-state index contributed by atoms with van der Waals surface area (Å²) in [5.41, 5.74) is 1.20. The molecule has 6 nitrogen and oxygen atoms in total. The zero-order chi connectivity index (χ0) is 19.3. The molecule has 0 radical (unpaired) electrons. The van der Waals surface area contributed by atoms with E-state index in [0.717, 1.165) is 0 Å². The lowest BCUT2D eigenvalue weighted by Crippen LogP contribution is -2.46. The van der Waals surface area contributed by atoms with Gasteiger partial charge in [0, 0.05) is 5.69 Å². The number of amides is 2. The van der Waals surface area contributed by atoms with E-state index < -0.39 is 17.9 Å². The minimum absolute atomic E-state index is 0.0924. The van der Waals surface area contributed by atoms with Gasteiger partial charge in [0.1, 0.15) is 6.04 Å². The largest absolute Gasteiger partial charge is 0.481 e. The number of carbonyl (C=O) groups is 3. The van der Waals surface area contributed by atoms with Gasteiger partial charge in [0.05, 0.1) is 10.8 Å². The number of rotatable bonds is 7. The van der Waals surface area contributed by atoms with Gasteiger partial charge in [0.25, 0.3) is 5.91 Å². The van der Waals surface area contributed by atoms with Gasteiger partial charge in [-0.3, -0.25) is 14.4 Å². The van der Waals surface area contributed by atoms with E-state index in [1.165, 1.54) is 11.3 Å². The molecule has 0 aliphatic rings. The van der Waals surface area contributed by atoms with E-state index in [2.05, 4.69) is 10.6 Å². The van der Waals surface area contributed by atoms with Crippen molar-refractivity contribution in [2.75, 3.05) is 5.32 Å². The van der Waals surface area contributed by atoms with E-state index in [-0.39, 0.29) is 17.7 Å². The molecule has 1 aromatic carbocycles. The lowest BCUT2D eigenvalue weighted by Gasteiger charge is -2.21. The van der Waals surface area contributed by atoms with Crippen LogP contribution in [0.5, 0.6) is 0 Å². The molecule has 2 amide bonds. The van der Waals surface area contributed by atoms with Crippen molar-refractivity contribution in [3.63, 3.8) is 0 Å². The van der Waals surface area contributed by atoms with Crippen molar-refractivity contribution in [1.29, 1.82) is 0 Å². The summed E-state index contributed by atoms with van der Waals surface area (Å²) in [4.78, 5) is 36.4.